The first-order valence-electron chi connectivity index (χ1n) is 7.32. The zero-order valence-corrected chi connectivity index (χ0v) is 11.8. The van der Waals surface area contributed by atoms with E-state index in [1.54, 1.807) is 0 Å². The summed E-state index contributed by atoms with van der Waals surface area (Å²) in [6, 6.07) is 0.403. The maximum Gasteiger partial charge on any atom is 0.0809 e. The topological polar surface area (TPSA) is 36.1 Å². The number of nitrogens with one attached hydrogen (secondary N) is 3. The zero-order valence-electron chi connectivity index (χ0n) is 11.8. The van der Waals surface area contributed by atoms with E-state index < -0.39 is 0 Å². The van der Waals surface area contributed by atoms with Crippen LogP contribution in [-0.2, 0) is 0 Å². The van der Waals surface area contributed by atoms with E-state index in [0.717, 1.165) is 6.42 Å². The first-order valence-corrected chi connectivity index (χ1v) is 7.32. The molecule has 2 aliphatic rings. The van der Waals surface area contributed by atoms with Gasteiger partial charge in [-0.2, -0.15) is 0 Å². The van der Waals surface area contributed by atoms with Crippen molar-refractivity contribution in [2.75, 3.05) is 0 Å². The fourth-order valence-corrected chi connectivity index (χ4v) is 2.60. The monoisotopic (exact) mass is 259 g/mol. The van der Waals surface area contributed by atoms with Crippen LogP contribution in [0.4, 0.5) is 0 Å². The molecule has 0 aromatic rings. The fraction of sp³-hybridized carbons (Fsp3) is 0.500. The Morgan fingerprint density at radius 2 is 2.21 bits per heavy atom. The third kappa shape index (κ3) is 3.74. The number of rotatable bonds is 6. The highest BCUT2D eigenvalue weighted by Crippen LogP contribution is 2.20. The van der Waals surface area contributed by atoms with Gasteiger partial charge in [-0.1, -0.05) is 38.3 Å². The van der Waals surface area contributed by atoms with Crippen LogP contribution < -0.4 is 16.0 Å². The molecule has 0 aromatic carbocycles. The van der Waals surface area contributed by atoms with E-state index in [-0.39, 0.29) is 6.17 Å². The Morgan fingerprint density at radius 1 is 1.32 bits per heavy atom. The lowest BCUT2D eigenvalue weighted by molar-refractivity contribution is 0.362. The summed E-state index contributed by atoms with van der Waals surface area (Å²) in [5.41, 5.74) is 2.47. The number of allylic oxidation sites excluding steroid dienone is 3. The van der Waals surface area contributed by atoms with Crippen molar-refractivity contribution in [1.29, 1.82) is 0 Å². The van der Waals surface area contributed by atoms with Gasteiger partial charge in [-0.3, -0.25) is 5.32 Å². The molecule has 2 atom stereocenters. The van der Waals surface area contributed by atoms with Crippen LogP contribution in [0.1, 0.15) is 39.0 Å². The van der Waals surface area contributed by atoms with Crippen molar-refractivity contribution in [1.82, 2.24) is 16.0 Å². The fourth-order valence-electron chi connectivity index (χ4n) is 2.60. The Morgan fingerprint density at radius 3 is 3.00 bits per heavy atom. The highest BCUT2D eigenvalue weighted by molar-refractivity contribution is 5.34. The Labute approximate surface area is 116 Å². The van der Waals surface area contributed by atoms with Crippen LogP contribution in [0.15, 0.2) is 48.5 Å². The SMILES string of the molecule is C=CCC1NC2=C(NC=CC=C2)C(CCCCC)N1. The van der Waals surface area contributed by atoms with Crippen LogP contribution >= 0.6 is 0 Å². The molecule has 0 bridgehead atoms. The maximum atomic E-state index is 3.84. The summed E-state index contributed by atoms with van der Waals surface area (Å²) in [6.45, 7) is 6.08. The van der Waals surface area contributed by atoms with Gasteiger partial charge in [0.05, 0.1) is 23.6 Å². The summed E-state index contributed by atoms with van der Waals surface area (Å²) in [5, 5.41) is 10.6. The molecule has 3 nitrogen and oxygen atoms in total. The van der Waals surface area contributed by atoms with Gasteiger partial charge in [-0.05, 0) is 25.0 Å². The van der Waals surface area contributed by atoms with Gasteiger partial charge in [0.15, 0.2) is 0 Å². The minimum atomic E-state index is 0.285. The second-order valence-corrected chi connectivity index (χ2v) is 5.13. The first kappa shape index (κ1) is 13.9. The Bertz CT molecular complexity index is 393. The zero-order chi connectivity index (χ0) is 13.5. The predicted molar refractivity (Wildman–Crippen MR) is 81.2 cm³/mol. The molecule has 3 heteroatoms. The van der Waals surface area contributed by atoms with E-state index in [4.69, 9.17) is 0 Å². The van der Waals surface area contributed by atoms with Crippen LogP contribution in [0.3, 0.4) is 0 Å². The second-order valence-electron chi connectivity index (χ2n) is 5.13. The summed E-state index contributed by atoms with van der Waals surface area (Å²) in [4.78, 5) is 0. The average Bonchev–Trinajstić information content (AvgIpc) is 2.64. The summed E-state index contributed by atoms with van der Waals surface area (Å²) < 4.78 is 0. The smallest absolute Gasteiger partial charge is 0.0809 e. The van der Waals surface area contributed by atoms with Crippen molar-refractivity contribution >= 4 is 0 Å². The molecule has 0 saturated heterocycles. The molecule has 2 heterocycles. The van der Waals surface area contributed by atoms with E-state index in [1.165, 1.54) is 37.1 Å². The van der Waals surface area contributed by atoms with Gasteiger partial charge < -0.3 is 10.6 Å². The van der Waals surface area contributed by atoms with Crippen LogP contribution in [0.5, 0.6) is 0 Å². The maximum absolute atomic E-state index is 3.84. The number of hydrogen-bond donors (Lipinski definition) is 3. The molecule has 0 spiro atoms. The van der Waals surface area contributed by atoms with Gasteiger partial charge in [-0.25, -0.2) is 0 Å². The van der Waals surface area contributed by atoms with Gasteiger partial charge >= 0.3 is 0 Å². The molecule has 0 aromatic heterocycles. The van der Waals surface area contributed by atoms with Crippen molar-refractivity contribution in [2.45, 2.75) is 51.2 Å². The molecular formula is C16H25N3. The summed E-state index contributed by atoms with van der Waals surface area (Å²) in [6.07, 6.45) is 16.4. The molecule has 3 N–H and O–H groups in total. The lowest BCUT2D eigenvalue weighted by Gasteiger charge is -2.35. The molecule has 104 valence electrons. The Hall–Kier alpha value is -1.48. The van der Waals surface area contributed by atoms with E-state index in [2.05, 4.69) is 41.6 Å². The quantitative estimate of drug-likeness (QED) is 0.507. The summed E-state index contributed by atoms with van der Waals surface area (Å²) in [7, 11) is 0. The van der Waals surface area contributed by atoms with Gasteiger partial charge in [0.25, 0.3) is 0 Å². The minimum Gasteiger partial charge on any atom is -0.368 e. The second kappa shape index (κ2) is 7.19. The van der Waals surface area contributed by atoms with Crippen LogP contribution in [-0.4, -0.2) is 12.2 Å². The van der Waals surface area contributed by atoms with Gasteiger partial charge in [-0.15, -0.1) is 6.58 Å². The largest absolute Gasteiger partial charge is 0.368 e. The van der Waals surface area contributed by atoms with Crippen LogP contribution in [0.2, 0.25) is 0 Å². The molecule has 0 radical (unpaired) electrons. The Kier molecular flexibility index (Phi) is 5.28. The molecule has 0 amide bonds. The highest BCUT2D eigenvalue weighted by Gasteiger charge is 2.26. The van der Waals surface area contributed by atoms with E-state index in [0.29, 0.717) is 6.04 Å². The molecule has 19 heavy (non-hydrogen) atoms. The summed E-state index contributed by atoms with van der Waals surface area (Å²) in [5.74, 6) is 0. The summed E-state index contributed by atoms with van der Waals surface area (Å²) >= 11 is 0. The average molecular weight is 259 g/mol. The van der Waals surface area contributed by atoms with Crippen molar-refractivity contribution < 1.29 is 0 Å². The van der Waals surface area contributed by atoms with Gasteiger partial charge in [0.1, 0.15) is 0 Å². The molecule has 2 unspecified atom stereocenters. The lowest BCUT2D eigenvalue weighted by Crippen LogP contribution is -2.54. The van der Waals surface area contributed by atoms with Crippen molar-refractivity contribution in [3.05, 3.63) is 48.5 Å². The van der Waals surface area contributed by atoms with E-state index in [9.17, 15) is 0 Å². The number of unbranched alkanes of at least 4 members (excludes halogenated alkanes) is 2. The number of hydrogen-bond acceptors (Lipinski definition) is 3. The standard InChI is InChI=1S/C16H25N3/c1-3-5-6-10-13-16-14(11-7-8-12-17-16)19-15(18-13)9-4-2/h4,7-8,11-13,15,17-19H,2-3,5-6,9-10H2,1H3. The van der Waals surface area contributed by atoms with Crippen molar-refractivity contribution in [3.63, 3.8) is 0 Å². The van der Waals surface area contributed by atoms with Crippen molar-refractivity contribution in [2.24, 2.45) is 0 Å². The van der Waals surface area contributed by atoms with Crippen LogP contribution in [0, 0.1) is 0 Å². The highest BCUT2D eigenvalue weighted by atomic mass is 15.2. The molecule has 0 saturated carbocycles. The van der Waals surface area contributed by atoms with Crippen molar-refractivity contribution in [3.8, 4) is 0 Å². The molecule has 2 rings (SSSR count). The molecule has 0 aliphatic carbocycles. The van der Waals surface area contributed by atoms with Gasteiger partial charge in [0.2, 0.25) is 0 Å². The first-order chi connectivity index (χ1) is 9.35. The third-order valence-electron chi connectivity index (χ3n) is 3.58. The third-order valence-corrected chi connectivity index (χ3v) is 3.58. The van der Waals surface area contributed by atoms with Gasteiger partial charge in [0, 0.05) is 6.20 Å². The molecule has 2 aliphatic heterocycles. The minimum absolute atomic E-state index is 0.285. The molecule has 0 fully saturated rings. The molecular weight excluding hydrogens is 234 g/mol. The predicted octanol–water partition coefficient (Wildman–Crippen LogP) is 2.92. The lowest BCUT2D eigenvalue weighted by atomic mass is 10.0. The van der Waals surface area contributed by atoms with E-state index in [1.807, 2.05) is 18.4 Å². The van der Waals surface area contributed by atoms with E-state index >= 15 is 0 Å². The normalized spacial score (nSPS) is 25.3. The Balaban J connectivity index is 2.10. The van der Waals surface area contributed by atoms with Crippen LogP contribution in [0.25, 0.3) is 0 Å².